The molecule has 0 heterocycles. The first-order valence-electron chi connectivity index (χ1n) is 6.10. The van der Waals surface area contributed by atoms with E-state index in [-0.39, 0.29) is 0 Å². The highest BCUT2D eigenvalue weighted by Gasteiger charge is 2.17. The van der Waals surface area contributed by atoms with Crippen molar-refractivity contribution in [2.24, 2.45) is 11.7 Å². The van der Waals surface area contributed by atoms with Crippen LogP contribution in [-0.2, 0) is 0 Å². The molecule has 0 aromatic heterocycles. The molecule has 0 aliphatic carbocycles. The predicted octanol–water partition coefficient (Wildman–Crippen LogP) is 2.66. The van der Waals surface area contributed by atoms with Crippen molar-refractivity contribution in [1.29, 1.82) is 0 Å². The SMILES string of the molecule is CC(C)CC(c1ccccc1)N(C)CCN. The van der Waals surface area contributed by atoms with Gasteiger partial charge in [-0.3, -0.25) is 4.90 Å². The second-order valence-electron chi connectivity index (χ2n) is 4.83. The molecule has 0 fully saturated rings. The number of rotatable bonds is 6. The molecule has 0 aliphatic rings. The summed E-state index contributed by atoms with van der Waals surface area (Å²) < 4.78 is 0. The maximum Gasteiger partial charge on any atom is 0.0348 e. The lowest BCUT2D eigenvalue weighted by atomic mass is 9.96. The smallest absolute Gasteiger partial charge is 0.0348 e. The van der Waals surface area contributed by atoms with Crippen LogP contribution in [0.2, 0.25) is 0 Å². The Hall–Kier alpha value is -0.860. The van der Waals surface area contributed by atoms with Crippen LogP contribution in [0.4, 0.5) is 0 Å². The summed E-state index contributed by atoms with van der Waals surface area (Å²) in [5.74, 6) is 0.699. The van der Waals surface area contributed by atoms with Crippen molar-refractivity contribution in [2.45, 2.75) is 26.3 Å². The van der Waals surface area contributed by atoms with Crippen molar-refractivity contribution in [3.63, 3.8) is 0 Å². The summed E-state index contributed by atoms with van der Waals surface area (Å²) in [6, 6.07) is 11.2. The monoisotopic (exact) mass is 220 g/mol. The first-order chi connectivity index (χ1) is 7.65. The van der Waals surface area contributed by atoms with Crippen molar-refractivity contribution in [3.05, 3.63) is 35.9 Å². The van der Waals surface area contributed by atoms with Gasteiger partial charge in [0, 0.05) is 19.1 Å². The highest BCUT2D eigenvalue weighted by atomic mass is 15.1. The molecule has 0 aliphatic heterocycles. The van der Waals surface area contributed by atoms with Gasteiger partial charge < -0.3 is 5.73 Å². The molecule has 1 rings (SSSR count). The number of benzene rings is 1. The van der Waals surface area contributed by atoms with Crippen molar-refractivity contribution in [2.75, 3.05) is 20.1 Å². The lowest BCUT2D eigenvalue weighted by Crippen LogP contribution is -2.30. The van der Waals surface area contributed by atoms with Gasteiger partial charge in [0.15, 0.2) is 0 Å². The minimum absolute atomic E-state index is 0.491. The number of hydrogen-bond donors (Lipinski definition) is 1. The van der Waals surface area contributed by atoms with E-state index < -0.39 is 0 Å². The minimum atomic E-state index is 0.491. The quantitative estimate of drug-likeness (QED) is 0.798. The van der Waals surface area contributed by atoms with E-state index in [0.29, 0.717) is 12.0 Å². The molecule has 1 unspecified atom stereocenters. The molecule has 16 heavy (non-hydrogen) atoms. The van der Waals surface area contributed by atoms with E-state index in [9.17, 15) is 0 Å². The zero-order chi connectivity index (χ0) is 12.0. The van der Waals surface area contributed by atoms with Crippen LogP contribution >= 0.6 is 0 Å². The molecule has 2 N–H and O–H groups in total. The Kier molecular flexibility index (Phi) is 5.50. The third-order valence-corrected chi connectivity index (χ3v) is 2.89. The minimum Gasteiger partial charge on any atom is -0.329 e. The molecule has 2 nitrogen and oxygen atoms in total. The largest absolute Gasteiger partial charge is 0.329 e. The van der Waals surface area contributed by atoms with Crippen molar-refractivity contribution in [3.8, 4) is 0 Å². The molecule has 1 atom stereocenters. The summed E-state index contributed by atoms with van der Waals surface area (Å²) in [4.78, 5) is 2.36. The van der Waals surface area contributed by atoms with Crippen molar-refractivity contribution in [1.82, 2.24) is 4.90 Å². The lowest BCUT2D eigenvalue weighted by molar-refractivity contribution is 0.220. The van der Waals surface area contributed by atoms with E-state index in [1.54, 1.807) is 0 Å². The molecule has 0 radical (unpaired) electrons. The molecular weight excluding hydrogens is 196 g/mol. The standard InChI is InChI=1S/C14H24N2/c1-12(2)11-14(16(3)10-9-15)13-7-5-4-6-8-13/h4-8,12,14H,9-11,15H2,1-3H3. The van der Waals surface area contributed by atoms with Gasteiger partial charge in [0.1, 0.15) is 0 Å². The normalized spacial score (nSPS) is 13.4. The molecule has 1 aromatic rings. The van der Waals surface area contributed by atoms with Crippen molar-refractivity contribution >= 4 is 0 Å². The average molecular weight is 220 g/mol. The lowest BCUT2D eigenvalue weighted by Gasteiger charge is -2.29. The van der Waals surface area contributed by atoms with Gasteiger partial charge in [0.2, 0.25) is 0 Å². The van der Waals surface area contributed by atoms with E-state index >= 15 is 0 Å². The van der Waals surface area contributed by atoms with E-state index in [1.165, 1.54) is 12.0 Å². The first-order valence-corrected chi connectivity index (χ1v) is 6.10. The molecule has 0 saturated carbocycles. The van der Waals surface area contributed by atoms with Crippen LogP contribution in [-0.4, -0.2) is 25.0 Å². The van der Waals surface area contributed by atoms with Crippen molar-refractivity contribution < 1.29 is 0 Å². The Morgan fingerprint density at radius 2 is 1.81 bits per heavy atom. The van der Waals surface area contributed by atoms with E-state index in [4.69, 9.17) is 5.73 Å². The molecule has 0 amide bonds. The van der Waals surface area contributed by atoms with E-state index in [2.05, 4.69) is 56.1 Å². The van der Waals surface area contributed by atoms with Crippen LogP contribution in [0.15, 0.2) is 30.3 Å². The maximum absolute atomic E-state index is 5.63. The second-order valence-corrected chi connectivity index (χ2v) is 4.83. The van der Waals surface area contributed by atoms with Gasteiger partial charge >= 0.3 is 0 Å². The molecular formula is C14H24N2. The fourth-order valence-corrected chi connectivity index (χ4v) is 2.05. The zero-order valence-corrected chi connectivity index (χ0v) is 10.7. The van der Waals surface area contributed by atoms with E-state index in [1.807, 2.05) is 0 Å². The zero-order valence-electron chi connectivity index (χ0n) is 10.7. The third-order valence-electron chi connectivity index (χ3n) is 2.89. The molecule has 0 bridgehead atoms. The number of nitrogens with zero attached hydrogens (tertiary/aromatic N) is 1. The van der Waals surface area contributed by atoms with Gasteiger partial charge in [-0.25, -0.2) is 0 Å². The Bertz CT molecular complexity index is 282. The van der Waals surface area contributed by atoms with Gasteiger partial charge in [-0.15, -0.1) is 0 Å². The van der Waals surface area contributed by atoms with Crippen LogP contribution in [0.25, 0.3) is 0 Å². The van der Waals surface area contributed by atoms with Gasteiger partial charge in [-0.2, -0.15) is 0 Å². The second kappa shape index (κ2) is 6.66. The maximum atomic E-state index is 5.63. The van der Waals surface area contributed by atoms with Gasteiger partial charge in [0.25, 0.3) is 0 Å². The van der Waals surface area contributed by atoms with Crippen LogP contribution in [0.1, 0.15) is 31.9 Å². The van der Waals surface area contributed by atoms with Crippen LogP contribution in [0.3, 0.4) is 0 Å². The summed E-state index contributed by atoms with van der Waals surface area (Å²) >= 11 is 0. The molecule has 0 saturated heterocycles. The number of likely N-dealkylation sites (N-methyl/N-ethyl adjacent to an activating group) is 1. The van der Waals surface area contributed by atoms with Gasteiger partial charge in [-0.1, -0.05) is 44.2 Å². The van der Waals surface area contributed by atoms with E-state index in [0.717, 1.165) is 13.1 Å². The summed E-state index contributed by atoms with van der Waals surface area (Å²) in [5, 5.41) is 0. The third kappa shape index (κ3) is 3.95. The Labute approximate surface area is 99.5 Å². The summed E-state index contributed by atoms with van der Waals surface area (Å²) in [6.45, 7) is 6.21. The summed E-state index contributed by atoms with van der Waals surface area (Å²) in [6.07, 6.45) is 1.18. The fourth-order valence-electron chi connectivity index (χ4n) is 2.05. The average Bonchev–Trinajstić information content (AvgIpc) is 2.27. The Morgan fingerprint density at radius 3 is 2.31 bits per heavy atom. The molecule has 90 valence electrons. The highest BCUT2D eigenvalue weighted by molar-refractivity contribution is 5.19. The Balaban J connectivity index is 2.78. The van der Waals surface area contributed by atoms with Crippen LogP contribution in [0, 0.1) is 5.92 Å². The number of hydrogen-bond acceptors (Lipinski definition) is 2. The molecule has 0 spiro atoms. The molecule has 1 aromatic carbocycles. The highest BCUT2D eigenvalue weighted by Crippen LogP contribution is 2.26. The fraction of sp³-hybridized carbons (Fsp3) is 0.571. The molecule has 2 heteroatoms. The summed E-state index contributed by atoms with van der Waals surface area (Å²) in [7, 11) is 2.16. The predicted molar refractivity (Wildman–Crippen MR) is 70.3 cm³/mol. The first kappa shape index (κ1) is 13.2. The Morgan fingerprint density at radius 1 is 1.19 bits per heavy atom. The topological polar surface area (TPSA) is 29.3 Å². The van der Waals surface area contributed by atoms with Crippen LogP contribution in [0.5, 0.6) is 0 Å². The van der Waals surface area contributed by atoms with Gasteiger partial charge in [-0.05, 0) is 24.9 Å². The van der Waals surface area contributed by atoms with Crippen LogP contribution < -0.4 is 5.73 Å². The van der Waals surface area contributed by atoms with Gasteiger partial charge in [0.05, 0.1) is 0 Å². The summed E-state index contributed by atoms with van der Waals surface area (Å²) in [5.41, 5.74) is 7.03. The number of nitrogens with two attached hydrogens (primary N) is 1.